The summed E-state index contributed by atoms with van der Waals surface area (Å²) in [5.41, 5.74) is 5.25. The number of hydrogen-bond acceptors (Lipinski definition) is 1. The van der Waals surface area contributed by atoms with Gasteiger partial charge in [-0.25, -0.2) is 0 Å². The lowest BCUT2D eigenvalue weighted by Crippen LogP contribution is -2.12. The zero-order chi connectivity index (χ0) is 12.5. The molecule has 2 aromatic carbocycles. The SMILES string of the molecule is CCC(C)OC1c2ccccc2-c2ccccc21. The monoisotopic (exact) mass is 238 g/mol. The first-order chi connectivity index (χ1) is 8.81. The van der Waals surface area contributed by atoms with Crippen LogP contribution < -0.4 is 0 Å². The van der Waals surface area contributed by atoms with Gasteiger partial charge in [0.15, 0.2) is 0 Å². The molecule has 0 spiro atoms. The molecule has 1 nitrogen and oxygen atoms in total. The van der Waals surface area contributed by atoms with Gasteiger partial charge in [0, 0.05) is 0 Å². The lowest BCUT2D eigenvalue weighted by Gasteiger charge is -2.19. The number of benzene rings is 2. The van der Waals surface area contributed by atoms with Gasteiger partial charge in [0.2, 0.25) is 0 Å². The maximum absolute atomic E-state index is 6.21. The Balaban J connectivity index is 2.09. The minimum atomic E-state index is 0.104. The molecule has 1 aliphatic rings. The summed E-state index contributed by atoms with van der Waals surface area (Å²) in [6, 6.07) is 17.1. The largest absolute Gasteiger partial charge is 0.366 e. The molecule has 3 rings (SSSR count). The highest BCUT2D eigenvalue weighted by molar-refractivity contribution is 5.78. The van der Waals surface area contributed by atoms with Gasteiger partial charge in [0.1, 0.15) is 6.10 Å². The maximum atomic E-state index is 6.21. The van der Waals surface area contributed by atoms with Crippen LogP contribution in [0.25, 0.3) is 11.1 Å². The first kappa shape index (κ1) is 11.5. The van der Waals surface area contributed by atoms with Gasteiger partial charge in [-0.05, 0) is 35.6 Å². The molecule has 0 heterocycles. The van der Waals surface area contributed by atoms with Crippen molar-refractivity contribution in [1.29, 1.82) is 0 Å². The Morgan fingerprint density at radius 1 is 0.944 bits per heavy atom. The van der Waals surface area contributed by atoms with E-state index in [1.54, 1.807) is 0 Å². The van der Waals surface area contributed by atoms with Gasteiger partial charge < -0.3 is 4.74 Å². The van der Waals surface area contributed by atoms with Crippen molar-refractivity contribution in [3.05, 3.63) is 59.7 Å². The van der Waals surface area contributed by atoms with E-state index >= 15 is 0 Å². The molecule has 0 aliphatic heterocycles. The number of hydrogen-bond donors (Lipinski definition) is 0. The van der Waals surface area contributed by atoms with Crippen LogP contribution in [0.4, 0.5) is 0 Å². The molecule has 0 radical (unpaired) electrons. The Bertz CT molecular complexity index is 514. The van der Waals surface area contributed by atoms with Crippen LogP contribution in [0.1, 0.15) is 37.5 Å². The van der Waals surface area contributed by atoms with Crippen LogP contribution in [0.15, 0.2) is 48.5 Å². The summed E-state index contributed by atoms with van der Waals surface area (Å²) < 4.78 is 6.21. The van der Waals surface area contributed by atoms with Crippen LogP contribution in [0.3, 0.4) is 0 Å². The molecule has 0 N–H and O–H groups in total. The Morgan fingerprint density at radius 2 is 1.44 bits per heavy atom. The molecule has 0 saturated carbocycles. The van der Waals surface area contributed by atoms with Crippen LogP contribution in [0, 0.1) is 0 Å². The van der Waals surface area contributed by atoms with Gasteiger partial charge in [-0.1, -0.05) is 55.5 Å². The zero-order valence-electron chi connectivity index (χ0n) is 10.9. The summed E-state index contributed by atoms with van der Waals surface area (Å²) in [5.74, 6) is 0. The molecule has 18 heavy (non-hydrogen) atoms. The van der Waals surface area contributed by atoms with Gasteiger partial charge in [0.25, 0.3) is 0 Å². The molecule has 92 valence electrons. The van der Waals surface area contributed by atoms with Crippen molar-refractivity contribution in [2.45, 2.75) is 32.5 Å². The first-order valence-electron chi connectivity index (χ1n) is 6.65. The first-order valence-corrected chi connectivity index (χ1v) is 6.65. The fourth-order valence-corrected chi connectivity index (χ4v) is 2.58. The average Bonchev–Trinajstić information content (AvgIpc) is 2.74. The van der Waals surface area contributed by atoms with E-state index in [1.807, 2.05) is 0 Å². The third-order valence-corrected chi connectivity index (χ3v) is 3.72. The fraction of sp³-hybridized carbons (Fsp3) is 0.294. The molecule has 0 aromatic heterocycles. The van der Waals surface area contributed by atoms with Crippen molar-refractivity contribution in [3.8, 4) is 11.1 Å². The van der Waals surface area contributed by atoms with Crippen molar-refractivity contribution >= 4 is 0 Å². The van der Waals surface area contributed by atoms with E-state index < -0.39 is 0 Å². The molecule has 1 unspecified atom stereocenters. The predicted octanol–water partition coefficient (Wildman–Crippen LogP) is 4.57. The molecule has 0 amide bonds. The molecular weight excluding hydrogens is 220 g/mol. The van der Waals surface area contributed by atoms with Crippen molar-refractivity contribution in [2.75, 3.05) is 0 Å². The molecule has 1 heteroatoms. The predicted molar refractivity (Wildman–Crippen MR) is 74.6 cm³/mol. The Labute approximate surface area is 108 Å². The Kier molecular flexibility index (Phi) is 2.92. The van der Waals surface area contributed by atoms with Crippen LogP contribution in [0.2, 0.25) is 0 Å². The quantitative estimate of drug-likeness (QED) is 0.761. The lowest BCUT2D eigenvalue weighted by atomic mass is 10.1. The van der Waals surface area contributed by atoms with E-state index in [2.05, 4.69) is 62.4 Å². The molecular formula is C17H18O. The van der Waals surface area contributed by atoms with Crippen LogP contribution in [-0.2, 0) is 4.74 Å². The number of ether oxygens (including phenoxy) is 1. The van der Waals surface area contributed by atoms with Crippen molar-refractivity contribution < 1.29 is 4.74 Å². The molecule has 0 saturated heterocycles. The van der Waals surface area contributed by atoms with Crippen molar-refractivity contribution in [3.63, 3.8) is 0 Å². The van der Waals surface area contributed by atoms with E-state index in [4.69, 9.17) is 4.74 Å². The van der Waals surface area contributed by atoms with Crippen molar-refractivity contribution in [1.82, 2.24) is 0 Å². The lowest BCUT2D eigenvalue weighted by molar-refractivity contribution is 0.0197. The fourth-order valence-electron chi connectivity index (χ4n) is 2.58. The van der Waals surface area contributed by atoms with E-state index in [-0.39, 0.29) is 12.2 Å². The summed E-state index contributed by atoms with van der Waals surface area (Å²) in [4.78, 5) is 0. The van der Waals surface area contributed by atoms with Gasteiger partial charge in [-0.3, -0.25) is 0 Å². The molecule has 1 aliphatic carbocycles. The Hall–Kier alpha value is -1.60. The normalized spacial score (nSPS) is 15.2. The second kappa shape index (κ2) is 4.58. The van der Waals surface area contributed by atoms with E-state index in [1.165, 1.54) is 22.3 Å². The van der Waals surface area contributed by atoms with Gasteiger partial charge in [-0.15, -0.1) is 0 Å². The standard InChI is InChI=1S/C17H18O/c1-3-12(2)18-17-15-10-6-4-8-13(15)14-9-5-7-11-16(14)17/h4-12,17H,3H2,1-2H3. The number of rotatable bonds is 3. The minimum absolute atomic E-state index is 0.104. The summed E-state index contributed by atoms with van der Waals surface area (Å²) in [6.45, 7) is 4.31. The second-order valence-electron chi connectivity index (χ2n) is 4.91. The third kappa shape index (κ3) is 1.75. The second-order valence-corrected chi connectivity index (χ2v) is 4.91. The topological polar surface area (TPSA) is 9.23 Å². The van der Waals surface area contributed by atoms with Crippen LogP contribution in [-0.4, -0.2) is 6.10 Å². The van der Waals surface area contributed by atoms with E-state index in [0.29, 0.717) is 0 Å². The summed E-state index contributed by atoms with van der Waals surface area (Å²) >= 11 is 0. The molecule has 2 aromatic rings. The molecule has 0 fully saturated rings. The summed E-state index contributed by atoms with van der Waals surface area (Å²) in [5, 5.41) is 0. The van der Waals surface area contributed by atoms with E-state index in [0.717, 1.165) is 6.42 Å². The van der Waals surface area contributed by atoms with Gasteiger partial charge in [0.05, 0.1) is 6.10 Å². The summed E-state index contributed by atoms with van der Waals surface area (Å²) in [6.07, 6.45) is 1.43. The minimum Gasteiger partial charge on any atom is -0.366 e. The van der Waals surface area contributed by atoms with Crippen molar-refractivity contribution in [2.24, 2.45) is 0 Å². The van der Waals surface area contributed by atoms with Gasteiger partial charge in [-0.2, -0.15) is 0 Å². The average molecular weight is 238 g/mol. The van der Waals surface area contributed by atoms with Gasteiger partial charge >= 0.3 is 0 Å². The maximum Gasteiger partial charge on any atom is 0.109 e. The van der Waals surface area contributed by atoms with Crippen LogP contribution in [0.5, 0.6) is 0 Å². The highest BCUT2D eigenvalue weighted by atomic mass is 16.5. The van der Waals surface area contributed by atoms with E-state index in [9.17, 15) is 0 Å². The number of fused-ring (bicyclic) bond motifs is 3. The zero-order valence-corrected chi connectivity index (χ0v) is 10.9. The molecule has 1 atom stereocenters. The Morgan fingerprint density at radius 3 is 1.94 bits per heavy atom. The summed E-state index contributed by atoms with van der Waals surface area (Å²) in [7, 11) is 0. The highest BCUT2D eigenvalue weighted by Crippen LogP contribution is 2.45. The van der Waals surface area contributed by atoms with Crippen LogP contribution >= 0.6 is 0 Å². The highest BCUT2D eigenvalue weighted by Gasteiger charge is 2.29. The smallest absolute Gasteiger partial charge is 0.109 e. The third-order valence-electron chi connectivity index (χ3n) is 3.72. The molecule has 0 bridgehead atoms.